The first kappa shape index (κ1) is 16.8. The fraction of sp³-hybridized carbons (Fsp3) is 1.00. The van der Waals surface area contributed by atoms with Gasteiger partial charge in [0.15, 0.2) is 0 Å². The van der Waals surface area contributed by atoms with E-state index in [1.54, 1.807) is 0 Å². The number of nitrogens with one attached hydrogen (secondary N) is 2. The second-order valence-electron chi connectivity index (χ2n) is 9.04. The molecule has 4 rings (SSSR count). The quantitative estimate of drug-likeness (QED) is 0.689. The molecule has 0 aromatic rings. The van der Waals surface area contributed by atoms with Crippen LogP contribution in [0, 0.1) is 29.1 Å². The molecule has 0 spiro atoms. The molecule has 2 bridgehead atoms. The molecule has 4 aliphatic carbocycles. The topological polar surface area (TPSA) is 24.1 Å². The lowest BCUT2D eigenvalue weighted by Crippen LogP contribution is -2.54. The van der Waals surface area contributed by atoms with E-state index >= 15 is 0 Å². The van der Waals surface area contributed by atoms with Crippen molar-refractivity contribution in [2.45, 2.75) is 78.2 Å². The van der Waals surface area contributed by atoms with Crippen LogP contribution in [0.1, 0.15) is 72.1 Å². The van der Waals surface area contributed by atoms with Gasteiger partial charge in [-0.2, -0.15) is 0 Å². The van der Waals surface area contributed by atoms with Crippen molar-refractivity contribution >= 4 is 0 Å². The van der Waals surface area contributed by atoms with E-state index in [4.69, 9.17) is 0 Å². The Kier molecular flexibility index (Phi) is 5.50. The molecule has 4 fully saturated rings. The lowest BCUT2D eigenvalue weighted by molar-refractivity contribution is -0.103. The van der Waals surface area contributed by atoms with Crippen LogP contribution >= 0.6 is 0 Å². The number of hydrogen-bond donors (Lipinski definition) is 2. The first-order valence-electron chi connectivity index (χ1n) is 10.0. The van der Waals surface area contributed by atoms with Crippen LogP contribution in [-0.4, -0.2) is 25.7 Å². The van der Waals surface area contributed by atoms with Crippen LogP contribution in [0.2, 0.25) is 0 Å². The van der Waals surface area contributed by atoms with Gasteiger partial charge in [-0.1, -0.05) is 33.1 Å². The second kappa shape index (κ2) is 7.21. The van der Waals surface area contributed by atoms with Gasteiger partial charge in [-0.15, -0.1) is 0 Å². The van der Waals surface area contributed by atoms with Crippen LogP contribution in [0.4, 0.5) is 0 Å². The van der Waals surface area contributed by atoms with Gasteiger partial charge in [0, 0.05) is 19.1 Å². The Labute approximate surface area is 138 Å². The lowest BCUT2D eigenvalue weighted by Gasteiger charge is -2.60. The molecule has 4 aliphatic rings. The molecule has 4 unspecified atom stereocenters. The monoisotopic (exact) mass is 306 g/mol. The van der Waals surface area contributed by atoms with Gasteiger partial charge >= 0.3 is 0 Å². The van der Waals surface area contributed by atoms with Crippen molar-refractivity contribution in [2.75, 3.05) is 19.6 Å². The van der Waals surface area contributed by atoms with Gasteiger partial charge in [-0.05, 0) is 74.7 Å². The average Bonchev–Trinajstić information content (AvgIpc) is 2.55. The first-order chi connectivity index (χ1) is 10.6. The van der Waals surface area contributed by atoms with Crippen LogP contribution in [0.25, 0.3) is 0 Å². The van der Waals surface area contributed by atoms with E-state index in [0.717, 1.165) is 36.8 Å². The summed E-state index contributed by atoms with van der Waals surface area (Å²) in [6.45, 7) is 10.9. The summed E-state index contributed by atoms with van der Waals surface area (Å²) in [7, 11) is 0. The fourth-order valence-corrected chi connectivity index (χ4v) is 5.68. The highest BCUT2D eigenvalue weighted by molar-refractivity contribution is 5.03. The lowest BCUT2D eigenvalue weighted by atomic mass is 9.45. The van der Waals surface area contributed by atoms with E-state index in [2.05, 4.69) is 31.4 Å². The van der Waals surface area contributed by atoms with E-state index in [-0.39, 0.29) is 0 Å². The Morgan fingerprint density at radius 3 is 2.45 bits per heavy atom. The van der Waals surface area contributed by atoms with E-state index in [1.807, 2.05) is 0 Å². The molecule has 2 N–H and O–H groups in total. The van der Waals surface area contributed by atoms with Crippen molar-refractivity contribution in [3.8, 4) is 0 Å². The third kappa shape index (κ3) is 3.53. The SMILES string of the molecule is CC(NCCNCC1CCC2CC1C2(C)C)C1CCCCC1. The van der Waals surface area contributed by atoms with Gasteiger partial charge in [0.25, 0.3) is 0 Å². The summed E-state index contributed by atoms with van der Waals surface area (Å²) in [4.78, 5) is 0. The van der Waals surface area contributed by atoms with Gasteiger partial charge in [-0.3, -0.25) is 0 Å². The van der Waals surface area contributed by atoms with Crippen molar-refractivity contribution in [2.24, 2.45) is 29.1 Å². The molecular formula is C20H38N2. The predicted octanol–water partition coefficient (Wildman–Crippen LogP) is 4.21. The highest BCUT2D eigenvalue weighted by atomic mass is 15.0. The molecule has 0 aromatic carbocycles. The summed E-state index contributed by atoms with van der Waals surface area (Å²) < 4.78 is 0. The maximum atomic E-state index is 3.76. The van der Waals surface area contributed by atoms with Gasteiger partial charge in [0.2, 0.25) is 0 Å². The van der Waals surface area contributed by atoms with E-state index < -0.39 is 0 Å². The Bertz CT molecular complexity index is 344. The average molecular weight is 307 g/mol. The highest BCUT2D eigenvalue weighted by Crippen LogP contribution is 2.61. The van der Waals surface area contributed by atoms with Crippen LogP contribution in [0.5, 0.6) is 0 Å². The first-order valence-corrected chi connectivity index (χ1v) is 10.0. The molecular weight excluding hydrogens is 268 g/mol. The molecule has 2 nitrogen and oxygen atoms in total. The minimum absolute atomic E-state index is 0.637. The van der Waals surface area contributed by atoms with E-state index in [0.29, 0.717) is 11.5 Å². The van der Waals surface area contributed by atoms with Gasteiger partial charge in [0.1, 0.15) is 0 Å². The van der Waals surface area contributed by atoms with Crippen LogP contribution in [-0.2, 0) is 0 Å². The third-order valence-corrected chi connectivity index (χ3v) is 7.53. The molecule has 0 aromatic heterocycles. The summed E-state index contributed by atoms with van der Waals surface area (Å²) in [5, 5.41) is 7.51. The van der Waals surface area contributed by atoms with Crippen LogP contribution in [0.15, 0.2) is 0 Å². The summed E-state index contributed by atoms with van der Waals surface area (Å²) in [5.74, 6) is 3.90. The summed E-state index contributed by atoms with van der Waals surface area (Å²) in [6, 6.07) is 0.711. The van der Waals surface area contributed by atoms with E-state index in [1.165, 1.54) is 57.9 Å². The molecule has 128 valence electrons. The zero-order chi connectivity index (χ0) is 15.6. The smallest absolute Gasteiger partial charge is 0.00793 e. The maximum Gasteiger partial charge on any atom is 0.00793 e. The van der Waals surface area contributed by atoms with Gasteiger partial charge in [0.05, 0.1) is 0 Å². The zero-order valence-electron chi connectivity index (χ0n) is 15.2. The predicted molar refractivity (Wildman–Crippen MR) is 95.0 cm³/mol. The van der Waals surface area contributed by atoms with Crippen molar-refractivity contribution in [3.05, 3.63) is 0 Å². The van der Waals surface area contributed by atoms with E-state index in [9.17, 15) is 0 Å². The minimum Gasteiger partial charge on any atom is -0.315 e. The Hall–Kier alpha value is -0.0800. The fourth-order valence-electron chi connectivity index (χ4n) is 5.68. The van der Waals surface area contributed by atoms with Crippen LogP contribution in [0.3, 0.4) is 0 Å². The Balaban J connectivity index is 1.28. The Morgan fingerprint density at radius 1 is 1.00 bits per heavy atom. The Morgan fingerprint density at radius 2 is 1.77 bits per heavy atom. The molecule has 4 atom stereocenters. The number of rotatable bonds is 7. The molecule has 0 saturated heterocycles. The number of hydrogen-bond acceptors (Lipinski definition) is 2. The largest absolute Gasteiger partial charge is 0.315 e. The molecule has 2 heteroatoms. The van der Waals surface area contributed by atoms with Crippen molar-refractivity contribution in [1.29, 1.82) is 0 Å². The zero-order valence-corrected chi connectivity index (χ0v) is 15.2. The van der Waals surface area contributed by atoms with Crippen LogP contribution < -0.4 is 10.6 Å². The minimum atomic E-state index is 0.637. The van der Waals surface area contributed by atoms with Crippen molar-refractivity contribution in [1.82, 2.24) is 10.6 Å². The molecule has 0 amide bonds. The number of fused-ring (bicyclic) bond motifs is 2. The standard InChI is InChI=1S/C20H38N2/c1-15(16-7-5-4-6-8-16)22-12-11-21-14-17-9-10-18-13-19(17)20(18,2)3/h15-19,21-22H,4-14H2,1-3H3. The second-order valence-corrected chi connectivity index (χ2v) is 9.04. The molecule has 4 saturated carbocycles. The summed E-state index contributed by atoms with van der Waals surface area (Å²) in [6.07, 6.45) is 11.7. The summed E-state index contributed by atoms with van der Waals surface area (Å²) in [5.41, 5.74) is 0.637. The molecule has 0 radical (unpaired) electrons. The molecule has 0 aliphatic heterocycles. The summed E-state index contributed by atoms with van der Waals surface area (Å²) >= 11 is 0. The third-order valence-electron chi connectivity index (χ3n) is 7.53. The highest BCUT2D eigenvalue weighted by Gasteiger charge is 2.53. The van der Waals surface area contributed by atoms with Gasteiger partial charge in [-0.25, -0.2) is 0 Å². The maximum absolute atomic E-state index is 3.76. The normalized spacial score (nSPS) is 35.9. The van der Waals surface area contributed by atoms with Gasteiger partial charge < -0.3 is 10.6 Å². The van der Waals surface area contributed by atoms with Crippen molar-refractivity contribution < 1.29 is 0 Å². The van der Waals surface area contributed by atoms with Crippen molar-refractivity contribution in [3.63, 3.8) is 0 Å². The molecule has 0 heterocycles. The molecule has 22 heavy (non-hydrogen) atoms.